The summed E-state index contributed by atoms with van der Waals surface area (Å²) in [6.07, 6.45) is 2.83. The second-order valence-electron chi connectivity index (χ2n) is 8.41. The maximum absolute atomic E-state index is 10.6. The highest BCUT2D eigenvalue weighted by Gasteiger charge is 2.40. The highest BCUT2D eigenvalue weighted by Crippen LogP contribution is 2.54. The van der Waals surface area contributed by atoms with E-state index in [1.165, 1.54) is 36.4 Å². The molecule has 0 spiro atoms. The van der Waals surface area contributed by atoms with E-state index in [1.54, 1.807) is 42.5 Å². The molecule has 1 aliphatic rings. The predicted molar refractivity (Wildman–Crippen MR) is 130 cm³/mol. The molecule has 0 amide bonds. The summed E-state index contributed by atoms with van der Waals surface area (Å²) in [5.41, 5.74) is 3.04. The van der Waals surface area contributed by atoms with Gasteiger partial charge in [-0.05, 0) is 59.2 Å². The summed E-state index contributed by atoms with van der Waals surface area (Å²) in [5, 5.41) is 60.6. The van der Waals surface area contributed by atoms with Crippen molar-refractivity contribution in [3.05, 3.63) is 101 Å². The van der Waals surface area contributed by atoms with Gasteiger partial charge in [-0.2, -0.15) is 0 Å². The summed E-state index contributed by atoms with van der Waals surface area (Å²) in [6.45, 7) is 0. The number of hydrogen-bond acceptors (Lipinski definition) is 7. The van der Waals surface area contributed by atoms with Gasteiger partial charge in [-0.1, -0.05) is 24.3 Å². The van der Waals surface area contributed by atoms with Crippen LogP contribution in [0.1, 0.15) is 39.8 Å². The van der Waals surface area contributed by atoms with Gasteiger partial charge < -0.3 is 35.4 Å². The minimum absolute atomic E-state index is 0.0257. The number of benzene rings is 4. The lowest BCUT2D eigenvalue weighted by Gasteiger charge is -2.22. The Morgan fingerprint density at radius 2 is 1.26 bits per heavy atom. The van der Waals surface area contributed by atoms with Gasteiger partial charge in [-0.15, -0.1) is 0 Å². The van der Waals surface area contributed by atoms with E-state index in [0.29, 0.717) is 28.0 Å². The lowest BCUT2D eigenvalue weighted by molar-refractivity contribution is 0.216. The molecule has 0 aliphatic carbocycles. The van der Waals surface area contributed by atoms with Crippen LogP contribution in [0.2, 0.25) is 0 Å². The number of phenolic OH excluding ortho intramolecular Hbond substituents is 6. The number of ether oxygens (including phenoxy) is 1. The molecule has 6 N–H and O–H groups in total. The summed E-state index contributed by atoms with van der Waals surface area (Å²) < 4.78 is 6.22. The third-order valence-electron chi connectivity index (χ3n) is 5.98. The van der Waals surface area contributed by atoms with Gasteiger partial charge in [0.15, 0.2) is 0 Å². The Morgan fingerprint density at radius 1 is 0.600 bits per heavy atom. The highest BCUT2D eigenvalue weighted by molar-refractivity contribution is 5.75. The molecule has 1 heterocycles. The van der Waals surface area contributed by atoms with Crippen molar-refractivity contribution < 1.29 is 35.4 Å². The molecule has 176 valence electrons. The average molecular weight is 470 g/mol. The molecular weight excluding hydrogens is 448 g/mol. The molecule has 35 heavy (non-hydrogen) atoms. The molecule has 5 rings (SSSR count). The van der Waals surface area contributed by atoms with Gasteiger partial charge in [0, 0.05) is 29.3 Å². The maximum Gasteiger partial charge on any atom is 0.138 e. The molecule has 1 unspecified atom stereocenters. The lowest BCUT2D eigenvalue weighted by Crippen LogP contribution is -2.12. The van der Waals surface area contributed by atoms with Crippen LogP contribution >= 0.6 is 0 Å². The molecule has 4 aromatic carbocycles. The Kier molecular flexibility index (Phi) is 5.37. The topological polar surface area (TPSA) is 131 Å². The molecule has 0 aromatic heterocycles. The third kappa shape index (κ3) is 4.27. The highest BCUT2D eigenvalue weighted by atomic mass is 16.5. The van der Waals surface area contributed by atoms with Crippen molar-refractivity contribution in [1.29, 1.82) is 0 Å². The number of hydrogen-bond donors (Lipinski definition) is 6. The van der Waals surface area contributed by atoms with Crippen molar-refractivity contribution in [2.45, 2.75) is 12.0 Å². The second kappa shape index (κ2) is 8.53. The first kappa shape index (κ1) is 22.0. The first-order valence-electron chi connectivity index (χ1n) is 10.8. The first-order valence-corrected chi connectivity index (χ1v) is 10.8. The van der Waals surface area contributed by atoms with E-state index in [0.717, 1.165) is 5.56 Å². The molecule has 7 heteroatoms. The van der Waals surface area contributed by atoms with E-state index < -0.39 is 12.0 Å². The average Bonchev–Trinajstić information content (AvgIpc) is 3.17. The Bertz CT molecular complexity index is 1420. The van der Waals surface area contributed by atoms with Gasteiger partial charge in [0.25, 0.3) is 0 Å². The Hall–Kier alpha value is -4.78. The zero-order valence-corrected chi connectivity index (χ0v) is 18.3. The summed E-state index contributed by atoms with van der Waals surface area (Å²) in [5.74, 6) is -0.647. The van der Waals surface area contributed by atoms with Crippen LogP contribution in [-0.4, -0.2) is 30.6 Å². The van der Waals surface area contributed by atoms with E-state index in [2.05, 4.69) is 0 Å². The number of phenols is 6. The lowest BCUT2D eigenvalue weighted by atomic mass is 9.82. The fourth-order valence-electron chi connectivity index (χ4n) is 4.48. The molecule has 1 aliphatic heterocycles. The van der Waals surface area contributed by atoms with Crippen LogP contribution < -0.4 is 4.74 Å². The van der Waals surface area contributed by atoms with Crippen molar-refractivity contribution in [3.63, 3.8) is 0 Å². The summed E-state index contributed by atoms with van der Waals surface area (Å²) in [7, 11) is 0. The number of aromatic hydroxyl groups is 6. The van der Waals surface area contributed by atoms with Crippen molar-refractivity contribution in [1.82, 2.24) is 0 Å². The minimum Gasteiger partial charge on any atom is -0.508 e. The molecule has 0 bridgehead atoms. The van der Waals surface area contributed by atoms with E-state index in [1.807, 2.05) is 6.08 Å². The summed E-state index contributed by atoms with van der Waals surface area (Å²) in [6, 6.07) is 18.1. The second-order valence-corrected chi connectivity index (χ2v) is 8.41. The van der Waals surface area contributed by atoms with E-state index in [-0.39, 0.29) is 34.5 Å². The molecule has 7 nitrogen and oxygen atoms in total. The normalized spacial score (nSPS) is 16.8. The van der Waals surface area contributed by atoms with Gasteiger partial charge >= 0.3 is 0 Å². The van der Waals surface area contributed by atoms with Crippen LogP contribution in [0.3, 0.4) is 0 Å². The standard InChI is InChI=1S/C28H22O7/c29-18-5-2-15(3-6-18)1-4-16-9-22(33)14-25-26(16)27(17-10-20(31)12-21(32)11-17)28(35-25)23-8-7-19(30)13-24(23)34/h1-14,27-34H/b4-1+/t27?,28-/m0/s1. The Balaban J connectivity index is 1.69. The maximum atomic E-state index is 10.6. The number of fused-ring (bicyclic) bond motifs is 1. The molecule has 0 radical (unpaired) electrons. The van der Waals surface area contributed by atoms with Crippen molar-refractivity contribution in [2.75, 3.05) is 0 Å². The van der Waals surface area contributed by atoms with Gasteiger partial charge in [0.05, 0.1) is 5.92 Å². The Labute approximate surface area is 200 Å². The van der Waals surface area contributed by atoms with Crippen LogP contribution in [0.25, 0.3) is 12.2 Å². The molecule has 0 saturated carbocycles. The van der Waals surface area contributed by atoms with Crippen LogP contribution in [0.15, 0.2) is 72.8 Å². The van der Waals surface area contributed by atoms with E-state index >= 15 is 0 Å². The van der Waals surface area contributed by atoms with Crippen LogP contribution in [0.5, 0.6) is 40.2 Å². The van der Waals surface area contributed by atoms with E-state index in [4.69, 9.17) is 4.74 Å². The van der Waals surface area contributed by atoms with Crippen LogP contribution in [0, 0.1) is 0 Å². The number of rotatable bonds is 4. The zero-order chi connectivity index (χ0) is 24.7. The fraction of sp³-hybridized carbons (Fsp3) is 0.0714. The summed E-state index contributed by atoms with van der Waals surface area (Å²) >= 11 is 0. The van der Waals surface area contributed by atoms with Crippen molar-refractivity contribution >= 4 is 12.2 Å². The molecule has 0 saturated heterocycles. The Morgan fingerprint density at radius 3 is 1.94 bits per heavy atom. The molecule has 0 fully saturated rings. The van der Waals surface area contributed by atoms with Crippen LogP contribution in [-0.2, 0) is 0 Å². The minimum atomic E-state index is -0.783. The van der Waals surface area contributed by atoms with Crippen molar-refractivity contribution in [2.24, 2.45) is 0 Å². The summed E-state index contributed by atoms with van der Waals surface area (Å²) in [4.78, 5) is 0. The molecular formula is C28H22O7. The third-order valence-corrected chi connectivity index (χ3v) is 5.98. The van der Waals surface area contributed by atoms with Gasteiger partial charge in [0.1, 0.15) is 46.4 Å². The van der Waals surface area contributed by atoms with Gasteiger partial charge in [-0.25, -0.2) is 0 Å². The SMILES string of the molecule is Oc1ccc(/C=C/c2cc(O)cc3c2C(c2cc(O)cc(O)c2)[C@H](c2ccc(O)cc2O)O3)cc1. The van der Waals surface area contributed by atoms with Gasteiger partial charge in [0.2, 0.25) is 0 Å². The smallest absolute Gasteiger partial charge is 0.138 e. The first-order chi connectivity index (χ1) is 16.8. The van der Waals surface area contributed by atoms with Crippen molar-refractivity contribution in [3.8, 4) is 40.2 Å². The fourth-order valence-corrected chi connectivity index (χ4v) is 4.48. The predicted octanol–water partition coefficient (Wildman–Crippen LogP) is 5.36. The van der Waals surface area contributed by atoms with Gasteiger partial charge in [-0.3, -0.25) is 0 Å². The molecule has 2 atom stereocenters. The monoisotopic (exact) mass is 470 g/mol. The van der Waals surface area contributed by atoms with Crippen LogP contribution in [0.4, 0.5) is 0 Å². The van der Waals surface area contributed by atoms with E-state index in [9.17, 15) is 30.6 Å². The zero-order valence-electron chi connectivity index (χ0n) is 18.3. The largest absolute Gasteiger partial charge is 0.508 e. The molecule has 4 aromatic rings. The quantitative estimate of drug-likeness (QED) is 0.222.